The van der Waals surface area contributed by atoms with Gasteiger partial charge in [-0.3, -0.25) is 5.32 Å². The molecule has 1 N–H and O–H groups in total. The van der Waals surface area contributed by atoms with Gasteiger partial charge in [-0.05, 0) is 17.7 Å². The number of rotatable bonds is 5. The summed E-state index contributed by atoms with van der Waals surface area (Å²) in [5.41, 5.74) is -1.46. The van der Waals surface area contributed by atoms with Crippen LogP contribution in [-0.2, 0) is 15.7 Å². The van der Waals surface area contributed by atoms with E-state index in [4.69, 9.17) is 0 Å². The van der Waals surface area contributed by atoms with Crippen molar-refractivity contribution < 1.29 is 27.1 Å². The number of esters is 1. The van der Waals surface area contributed by atoms with Crippen LogP contribution in [0.2, 0.25) is 0 Å². The molecule has 0 saturated carbocycles. The Kier molecular flexibility index (Phi) is 5.26. The molecule has 0 fully saturated rings. The molecule has 0 aliphatic rings. The van der Waals surface area contributed by atoms with E-state index >= 15 is 0 Å². The summed E-state index contributed by atoms with van der Waals surface area (Å²) in [6.07, 6.45) is -3.40. The third-order valence-electron chi connectivity index (χ3n) is 2.53. The zero-order chi connectivity index (χ0) is 15.3. The minimum absolute atomic E-state index is 0.0348. The van der Waals surface area contributed by atoms with Gasteiger partial charge in [0.2, 0.25) is 0 Å². The predicted octanol–water partition coefficient (Wildman–Crippen LogP) is 2.83. The van der Waals surface area contributed by atoms with Crippen molar-refractivity contribution in [1.29, 1.82) is 0 Å². The van der Waals surface area contributed by atoms with Gasteiger partial charge in [-0.15, -0.1) is 6.58 Å². The van der Waals surface area contributed by atoms with Crippen LogP contribution in [0, 0.1) is 5.82 Å². The van der Waals surface area contributed by atoms with Gasteiger partial charge in [0, 0.05) is 6.54 Å². The molecule has 1 rings (SSSR count). The van der Waals surface area contributed by atoms with Crippen molar-refractivity contribution in [2.75, 3.05) is 13.7 Å². The fraction of sp³-hybridized carbons (Fsp3) is 0.308. The minimum Gasteiger partial charge on any atom is -0.468 e. The topological polar surface area (TPSA) is 38.3 Å². The van der Waals surface area contributed by atoms with E-state index in [1.807, 2.05) is 0 Å². The lowest BCUT2D eigenvalue weighted by molar-refractivity contribution is -0.144. The Hall–Kier alpha value is -1.89. The van der Waals surface area contributed by atoms with E-state index in [9.17, 15) is 22.4 Å². The van der Waals surface area contributed by atoms with Gasteiger partial charge >= 0.3 is 12.1 Å². The van der Waals surface area contributed by atoms with E-state index in [1.54, 1.807) is 0 Å². The number of ether oxygens (including phenoxy) is 1. The molecular weight excluding hydrogens is 278 g/mol. The standard InChI is InChI=1S/C13H13F4NO2/c1-3-6-18-11(12(19)20-2)8-4-5-10(14)9(7-8)13(15,16)17/h3-5,7,11,18H,1,6H2,2H3. The van der Waals surface area contributed by atoms with Crippen molar-refractivity contribution in [3.8, 4) is 0 Å². The Bertz CT molecular complexity index is 500. The molecule has 110 valence electrons. The summed E-state index contributed by atoms with van der Waals surface area (Å²) in [4.78, 5) is 11.6. The molecule has 1 aromatic carbocycles. The first-order chi connectivity index (χ1) is 9.31. The number of methoxy groups -OCH3 is 1. The van der Waals surface area contributed by atoms with Crippen LogP contribution < -0.4 is 5.32 Å². The number of carbonyl (C=O) groups is 1. The molecule has 1 aromatic rings. The van der Waals surface area contributed by atoms with Crippen LogP contribution in [0.4, 0.5) is 17.6 Å². The first kappa shape index (κ1) is 16.2. The van der Waals surface area contributed by atoms with Crippen LogP contribution in [0.15, 0.2) is 30.9 Å². The van der Waals surface area contributed by atoms with E-state index < -0.39 is 29.6 Å². The highest BCUT2D eigenvalue weighted by molar-refractivity contribution is 5.77. The maximum absolute atomic E-state index is 13.2. The average Bonchev–Trinajstić information content (AvgIpc) is 2.39. The first-order valence-corrected chi connectivity index (χ1v) is 5.60. The molecule has 0 amide bonds. The number of hydrogen-bond donors (Lipinski definition) is 1. The van der Waals surface area contributed by atoms with Crippen LogP contribution in [0.1, 0.15) is 17.2 Å². The van der Waals surface area contributed by atoms with Gasteiger partial charge in [-0.25, -0.2) is 9.18 Å². The predicted molar refractivity (Wildman–Crippen MR) is 64.4 cm³/mol. The van der Waals surface area contributed by atoms with Gasteiger partial charge < -0.3 is 4.74 Å². The summed E-state index contributed by atoms with van der Waals surface area (Å²) in [7, 11) is 1.11. The third-order valence-corrected chi connectivity index (χ3v) is 2.53. The van der Waals surface area contributed by atoms with Crippen molar-refractivity contribution in [2.24, 2.45) is 0 Å². The summed E-state index contributed by atoms with van der Waals surface area (Å²) < 4.78 is 55.6. The Balaban J connectivity index is 3.20. The molecule has 0 radical (unpaired) electrons. The molecule has 7 heteroatoms. The summed E-state index contributed by atoms with van der Waals surface area (Å²) in [5, 5.41) is 2.65. The second-order valence-electron chi connectivity index (χ2n) is 3.89. The van der Waals surface area contributed by atoms with Gasteiger partial charge in [0.25, 0.3) is 0 Å². The normalized spacial score (nSPS) is 12.8. The lowest BCUT2D eigenvalue weighted by Crippen LogP contribution is -2.30. The van der Waals surface area contributed by atoms with E-state index in [2.05, 4.69) is 16.6 Å². The van der Waals surface area contributed by atoms with Crippen LogP contribution in [0.5, 0.6) is 0 Å². The molecule has 20 heavy (non-hydrogen) atoms. The summed E-state index contributed by atoms with van der Waals surface area (Å²) in [6.45, 7) is 3.61. The van der Waals surface area contributed by atoms with E-state index in [1.165, 1.54) is 6.08 Å². The van der Waals surface area contributed by atoms with Crippen LogP contribution in [0.3, 0.4) is 0 Å². The molecule has 0 aromatic heterocycles. The molecule has 3 nitrogen and oxygen atoms in total. The number of carbonyl (C=O) groups excluding carboxylic acids is 1. The SMILES string of the molecule is C=CCNC(C(=O)OC)c1ccc(F)c(C(F)(F)F)c1. The molecule has 0 spiro atoms. The van der Waals surface area contributed by atoms with Crippen molar-refractivity contribution in [3.05, 3.63) is 47.8 Å². The van der Waals surface area contributed by atoms with Crippen molar-refractivity contribution in [2.45, 2.75) is 12.2 Å². The zero-order valence-corrected chi connectivity index (χ0v) is 10.6. The first-order valence-electron chi connectivity index (χ1n) is 5.60. The molecule has 0 saturated heterocycles. The number of nitrogens with one attached hydrogen (secondary N) is 1. The van der Waals surface area contributed by atoms with Gasteiger partial charge in [0.05, 0.1) is 12.7 Å². The van der Waals surface area contributed by atoms with Crippen LogP contribution in [0.25, 0.3) is 0 Å². The van der Waals surface area contributed by atoms with Gasteiger partial charge in [-0.2, -0.15) is 13.2 Å². The molecule has 0 bridgehead atoms. The van der Waals surface area contributed by atoms with E-state index in [0.29, 0.717) is 12.1 Å². The van der Waals surface area contributed by atoms with Gasteiger partial charge in [-0.1, -0.05) is 12.1 Å². The highest BCUT2D eigenvalue weighted by Crippen LogP contribution is 2.33. The van der Waals surface area contributed by atoms with E-state index in [-0.39, 0.29) is 12.1 Å². The summed E-state index contributed by atoms with van der Waals surface area (Å²) >= 11 is 0. The lowest BCUT2D eigenvalue weighted by atomic mass is 10.0. The average molecular weight is 291 g/mol. The molecule has 0 aliphatic heterocycles. The molecule has 0 aliphatic carbocycles. The fourth-order valence-electron chi connectivity index (χ4n) is 1.60. The highest BCUT2D eigenvalue weighted by Gasteiger charge is 2.35. The lowest BCUT2D eigenvalue weighted by Gasteiger charge is -2.17. The van der Waals surface area contributed by atoms with Crippen molar-refractivity contribution >= 4 is 5.97 Å². The summed E-state index contributed by atoms with van der Waals surface area (Å²) in [5.74, 6) is -2.17. The number of halogens is 4. The fourth-order valence-corrected chi connectivity index (χ4v) is 1.60. The highest BCUT2D eigenvalue weighted by atomic mass is 19.4. The smallest absolute Gasteiger partial charge is 0.419 e. The van der Waals surface area contributed by atoms with Crippen LogP contribution in [-0.4, -0.2) is 19.6 Å². The Labute approximate surface area is 113 Å². The molecule has 1 unspecified atom stereocenters. The maximum Gasteiger partial charge on any atom is 0.419 e. The Morgan fingerprint density at radius 1 is 1.50 bits per heavy atom. The second-order valence-corrected chi connectivity index (χ2v) is 3.89. The molecule has 0 heterocycles. The van der Waals surface area contributed by atoms with Crippen LogP contribution >= 0.6 is 0 Å². The van der Waals surface area contributed by atoms with Gasteiger partial charge in [0.15, 0.2) is 0 Å². The third kappa shape index (κ3) is 3.80. The Morgan fingerprint density at radius 3 is 2.65 bits per heavy atom. The second kappa shape index (κ2) is 6.51. The molecule has 1 atom stereocenters. The summed E-state index contributed by atoms with van der Waals surface area (Å²) in [6, 6.07) is 1.23. The number of benzene rings is 1. The number of hydrogen-bond acceptors (Lipinski definition) is 3. The zero-order valence-electron chi connectivity index (χ0n) is 10.6. The molecular formula is C13H13F4NO2. The maximum atomic E-state index is 13.2. The van der Waals surface area contributed by atoms with Gasteiger partial charge in [0.1, 0.15) is 11.9 Å². The van der Waals surface area contributed by atoms with Crippen molar-refractivity contribution in [1.82, 2.24) is 5.32 Å². The minimum atomic E-state index is -4.83. The monoisotopic (exact) mass is 291 g/mol. The largest absolute Gasteiger partial charge is 0.468 e. The number of alkyl halides is 3. The van der Waals surface area contributed by atoms with E-state index in [0.717, 1.165) is 13.2 Å². The quantitative estimate of drug-likeness (QED) is 0.515. The van der Waals surface area contributed by atoms with Crippen molar-refractivity contribution in [3.63, 3.8) is 0 Å². The Morgan fingerprint density at radius 2 is 2.15 bits per heavy atom.